The molecular formula is C14H18N8O3S. The maximum atomic E-state index is 11.6. The highest BCUT2D eigenvalue weighted by Gasteiger charge is 2.25. The van der Waals surface area contributed by atoms with Gasteiger partial charge in [-0.25, -0.2) is 17.7 Å². The fraction of sp³-hybridized carbons (Fsp3) is 0.429. The van der Waals surface area contributed by atoms with Crippen molar-refractivity contribution in [2.24, 2.45) is 0 Å². The van der Waals surface area contributed by atoms with Gasteiger partial charge in [0.25, 0.3) is 0 Å². The van der Waals surface area contributed by atoms with Crippen molar-refractivity contribution in [2.75, 3.05) is 24.7 Å². The summed E-state index contributed by atoms with van der Waals surface area (Å²) < 4.78 is 26.0. The van der Waals surface area contributed by atoms with E-state index in [1.165, 1.54) is 21.4 Å². The zero-order chi connectivity index (χ0) is 18.3. The van der Waals surface area contributed by atoms with E-state index in [0.29, 0.717) is 43.1 Å². The number of hydrogen-bond donors (Lipinski definition) is 3. The zero-order valence-electron chi connectivity index (χ0n) is 14.0. The SMILES string of the molecule is CS(=O)(=O)N1CCC(Nc2nc3c(O)c(-c4cn[nH]c4)ncn3n2)CC1. The van der Waals surface area contributed by atoms with Crippen molar-refractivity contribution < 1.29 is 13.5 Å². The van der Waals surface area contributed by atoms with Gasteiger partial charge in [-0.1, -0.05) is 0 Å². The smallest absolute Gasteiger partial charge is 0.243 e. The van der Waals surface area contributed by atoms with Gasteiger partial charge in [-0.2, -0.15) is 14.6 Å². The fourth-order valence-corrected chi connectivity index (χ4v) is 3.89. The third-order valence-electron chi connectivity index (χ3n) is 4.39. The van der Waals surface area contributed by atoms with Crippen LogP contribution in [0.4, 0.5) is 5.95 Å². The molecule has 0 aromatic carbocycles. The third-order valence-corrected chi connectivity index (χ3v) is 5.69. The van der Waals surface area contributed by atoms with Crippen LogP contribution in [0, 0.1) is 0 Å². The predicted octanol–water partition coefficient (Wildman–Crippen LogP) is 0.0559. The van der Waals surface area contributed by atoms with Crippen molar-refractivity contribution in [3.8, 4) is 17.0 Å². The van der Waals surface area contributed by atoms with Crippen molar-refractivity contribution in [3.63, 3.8) is 0 Å². The maximum absolute atomic E-state index is 11.6. The van der Waals surface area contributed by atoms with Crippen LogP contribution in [0.3, 0.4) is 0 Å². The molecule has 1 fully saturated rings. The van der Waals surface area contributed by atoms with Crippen LogP contribution in [-0.2, 0) is 10.0 Å². The molecule has 0 radical (unpaired) electrons. The van der Waals surface area contributed by atoms with E-state index in [1.807, 2.05) is 0 Å². The van der Waals surface area contributed by atoms with Gasteiger partial charge in [-0.05, 0) is 12.8 Å². The van der Waals surface area contributed by atoms with Gasteiger partial charge >= 0.3 is 0 Å². The van der Waals surface area contributed by atoms with E-state index >= 15 is 0 Å². The number of nitrogens with one attached hydrogen (secondary N) is 2. The molecule has 26 heavy (non-hydrogen) atoms. The Balaban J connectivity index is 1.53. The highest BCUT2D eigenvalue weighted by atomic mass is 32.2. The van der Waals surface area contributed by atoms with E-state index in [4.69, 9.17) is 0 Å². The molecule has 0 unspecified atom stereocenters. The summed E-state index contributed by atoms with van der Waals surface area (Å²) in [6, 6.07) is 0.0638. The highest BCUT2D eigenvalue weighted by molar-refractivity contribution is 7.88. The number of piperidine rings is 1. The number of fused-ring (bicyclic) bond motifs is 1. The number of rotatable bonds is 4. The van der Waals surface area contributed by atoms with E-state index in [2.05, 4.69) is 30.6 Å². The zero-order valence-corrected chi connectivity index (χ0v) is 14.8. The molecule has 4 heterocycles. The average molecular weight is 378 g/mol. The first-order valence-electron chi connectivity index (χ1n) is 8.07. The van der Waals surface area contributed by atoms with Crippen LogP contribution in [0.2, 0.25) is 0 Å². The lowest BCUT2D eigenvalue weighted by Gasteiger charge is -2.30. The Kier molecular flexibility index (Phi) is 4.00. The molecule has 0 amide bonds. The number of aromatic hydroxyl groups is 1. The quantitative estimate of drug-likeness (QED) is 0.578. The predicted molar refractivity (Wildman–Crippen MR) is 93.1 cm³/mol. The summed E-state index contributed by atoms with van der Waals surface area (Å²) in [7, 11) is -3.15. The van der Waals surface area contributed by atoms with Gasteiger partial charge in [0.05, 0.1) is 12.5 Å². The first kappa shape index (κ1) is 16.7. The number of nitrogens with zero attached hydrogens (tertiary/aromatic N) is 6. The summed E-state index contributed by atoms with van der Waals surface area (Å²) in [4.78, 5) is 8.53. The highest BCUT2D eigenvalue weighted by Crippen LogP contribution is 2.29. The Labute approximate surface area is 149 Å². The molecule has 11 nitrogen and oxygen atoms in total. The number of sulfonamides is 1. The first-order chi connectivity index (χ1) is 12.4. The van der Waals surface area contributed by atoms with Gasteiger partial charge in [0.15, 0.2) is 5.75 Å². The molecule has 3 aromatic heterocycles. The van der Waals surface area contributed by atoms with Gasteiger partial charge in [0.1, 0.15) is 12.0 Å². The van der Waals surface area contributed by atoms with Crippen molar-refractivity contribution in [3.05, 3.63) is 18.7 Å². The van der Waals surface area contributed by atoms with E-state index in [1.54, 1.807) is 12.4 Å². The molecule has 0 bridgehead atoms. The fourth-order valence-electron chi connectivity index (χ4n) is 3.01. The molecule has 3 aromatic rings. The molecule has 0 saturated carbocycles. The van der Waals surface area contributed by atoms with Crippen LogP contribution < -0.4 is 5.32 Å². The molecule has 0 spiro atoms. The Morgan fingerprint density at radius 1 is 1.35 bits per heavy atom. The number of aromatic amines is 1. The van der Waals surface area contributed by atoms with Crippen LogP contribution in [0.25, 0.3) is 16.9 Å². The lowest BCUT2D eigenvalue weighted by atomic mass is 10.1. The molecule has 1 aliphatic rings. The lowest BCUT2D eigenvalue weighted by molar-refractivity contribution is 0.331. The minimum atomic E-state index is -3.15. The van der Waals surface area contributed by atoms with Crippen LogP contribution >= 0.6 is 0 Å². The number of aromatic nitrogens is 6. The summed E-state index contributed by atoms with van der Waals surface area (Å²) in [5.74, 6) is 0.283. The summed E-state index contributed by atoms with van der Waals surface area (Å²) in [5, 5.41) is 24.4. The second kappa shape index (κ2) is 6.21. The topological polar surface area (TPSA) is 141 Å². The third kappa shape index (κ3) is 3.08. The summed E-state index contributed by atoms with van der Waals surface area (Å²) in [5.41, 5.74) is 1.30. The minimum Gasteiger partial charge on any atom is -0.503 e. The maximum Gasteiger partial charge on any atom is 0.243 e. The summed E-state index contributed by atoms with van der Waals surface area (Å²) >= 11 is 0. The van der Waals surface area contributed by atoms with Gasteiger partial charge < -0.3 is 10.4 Å². The van der Waals surface area contributed by atoms with Gasteiger partial charge in [0, 0.05) is 30.9 Å². The molecule has 12 heteroatoms. The van der Waals surface area contributed by atoms with Gasteiger partial charge in [-0.15, -0.1) is 5.10 Å². The van der Waals surface area contributed by atoms with Crippen LogP contribution in [0.15, 0.2) is 18.7 Å². The molecule has 4 rings (SSSR count). The molecular weight excluding hydrogens is 360 g/mol. The van der Waals surface area contributed by atoms with E-state index in [-0.39, 0.29) is 17.4 Å². The van der Waals surface area contributed by atoms with Gasteiger partial charge in [-0.3, -0.25) is 5.10 Å². The molecule has 3 N–H and O–H groups in total. The van der Waals surface area contributed by atoms with E-state index in [0.717, 1.165) is 0 Å². The Hall–Kier alpha value is -2.73. The molecule has 1 saturated heterocycles. The monoisotopic (exact) mass is 378 g/mol. The normalized spacial score (nSPS) is 17.0. The largest absolute Gasteiger partial charge is 0.503 e. The molecule has 0 atom stereocenters. The van der Waals surface area contributed by atoms with Crippen LogP contribution in [-0.4, -0.2) is 73.0 Å². The van der Waals surface area contributed by atoms with E-state index < -0.39 is 10.0 Å². The Morgan fingerprint density at radius 2 is 2.12 bits per heavy atom. The summed E-state index contributed by atoms with van der Waals surface area (Å²) in [6.45, 7) is 0.919. The van der Waals surface area contributed by atoms with Crippen molar-refractivity contribution in [1.29, 1.82) is 0 Å². The van der Waals surface area contributed by atoms with Crippen molar-refractivity contribution in [1.82, 2.24) is 34.1 Å². The number of hydrogen-bond acceptors (Lipinski definition) is 8. The molecule has 0 aliphatic carbocycles. The van der Waals surface area contributed by atoms with Crippen molar-refractivity contribution >= 4 is 21.6 Å². The first-order valence-corrected chi connectivity index (χ1v) is 9.92. The standard InChI is InChI=1S/C14H18N8O3S/c1-26(24,25)21-4-2-10(3-5-21)18-14-19-13-12(23)11(9-6-16-17-7-9)15-8-22(13)20-14/h6-8,10,23H,2-5H2,1H3,(H,16,17)(H,18,20). The minimum absolute atomic E-state index is 0.0638. The second-order valence-corrected chi connectivity index (χ2v) is 8.20. The summed E-state index contributed by atoms with van der Waals surface area (Å²) in [6.07, 6.45) is 7.20. The Morgan fingerprint density at radius 3 is 2.77 bits per heavy atom. The molecule has 1 aliphatic heterocycles. The van der Waals surface area contributed by atoms with Crippen LogP contribution in [0.1, 0.15) is 12.8 Å². The van der Waals surface area contributed by atoms with E-state index in [9.17, 15) is 13.5 Å². The average Bonchev–Trinajstić information content (AvgIpc) is 3.25. The van der Waals surface area contributed by atoms with Crippen molar-refractivity contribution in [2.45, 2.75) is 18.9 Å². The van der Waals surface area contributed by atoms with Gasteiger partial charge in [0.2, 0.25) is 21.6 Å². The Bertz CT molecular complexity index is 1020. The van der Waals surface area contributed by atoms with Crippen LogP contribution in [0.5, 0.6) is 5.75 Å². The number of anilines is 1. The number of H-pyrrole nitrogens is 1. The lowest BCUT2D eigenvalue weighted by Crippen LogP contribution is -2.41. The second-order valence-electron chi connectivity index (χ2n) is 6.21. The molecule has 138 valence electrons.